The maximum absolute atomic E-state index is 6.09. The van der Waals surface area contributed by atoms with Crippen molar-refractivity contribution in [3.63, 3.8) is 0 Å². The van der Waals surface area contributed by atoms with Gasteiger partial charge < -0.3 is 4.90 Å². The molecule has 0 radical (unpaired) electrons. The van der Waals surface area contributed by atoms with Gasteiger partial charge in [0, 0.05) is 13.1 Å². The zero-order chi connectivity index (χ0) is 12.5. The Kier molecular flexibility index (Phi) is 3.37. The van der Waals surface area contributed by atoms with Crippen LogP contribution in [0.2, 0.25) is 10.3 Å². The predicted octanol–water partition coefficient (Wildman–Crippen LogP) is 3.51. The second-order valence-corrected chi connectivity index (χ2v) is 5.68. The normalized spacial score (nSPS) is 15.3. The first kappa shape index (κ1) is 12.1. The lowest BCUT2D eigenvalue weighted by Crippen LogP contribution is -2.21. The molecule has 0 bridgehead atoms. The third kappa shape index (κ3) is 2.30. The van der Waals surface area contributed by atoms with Crippen LogP contribution in [-0.4, -0.2) is 28.0 Å². The fourth-order valence-corrected chi connectivity index (χ4v) is 3.18. The minimum absolute atomic E-state index is 0.214. The number of aromatic nitrogens is 3. The van der Waals surface area contributed by atoms with E-state index in [4.69, 9.17) is 23.2 Å². The molecule has 1 fully saturated rings. The van der Waals surface area contributed by atoms with Crippen molar-refractivity contribution in [1.82, 2.24) is 15.0 Å². The van der Waals surface area contributed by atoms with E-state index in [0.717, 1.165) is 18.0 Å². The van der Waals surface area contributed by atoms with Crippen molar-refractivity contribution in [2.75, 3.05) is 18.0 Å². The largest absolute Gasteiger partial charge is 0.341 e. The van der Waals surface area contributed by atoms with E-state index >= 15 is 0 Å². The Morgan fingerprint density at radius 2 is 1.89 bits per heavy atom. The van der Waals surface area contributed by atoms with Crippen LogP contribution >= 0.6 is 34.5 Å². The zero-order valence-electron chi connectivity index (χ0n) is 9.44. The van der Waals surface area contributed by atoms with E-state index in [1.807, 2.05) is 11.4 Å². The van der Waals surface area contributed by atoms with E-state index in [0.29, 0.717) is 16.8 Å². The molecule has 2 aromatic heterocycles. The first-order chi connectivity index (χ1) is 8.74. The summed E-state index contributed by atoms with van der Waals surface area (Å²) < 4.78 is 0. The smallest absolute Gasteiger partial charge is 0.230 e. The van der Waals surface area contributed by atoms with Crippen molar-refractivity contribution < 1.29 is 0 Å². The highest BCUT2D eigenvalue weighted by Crippen LogP contribution is 2.32. The molecule has 3 heterocycles. The minimum atomic E-state index is 0.214. The molecule has 1 aliphatic heterocycles. The molecule has 18 heavy (non-hydrogen) atoms. The first-order valence-electron chi connectivity index (χ1n) is 5.64. The van der Waals surface area contributed by atoms with E-state index < -0.39 is 0 Å². The summed E-state index contributed by atoms with van der Waals surface area (Å²) in [7, 11) is 0. The van der Waals surface area contributed by atoms with Crippen LogP contribution in [-0.2, 0) is 0 Å². The second-order valence-electron chi connectivity index (χ2n) is 4.02. The van der Waals surface area contributed by atoms with Crippen LogP contribution in [0.5, 0.6) is 0 Å². The van der Waals surface area contributed by atoms with Gasteiger partial charge in [0.05, 0.1) is 9.90 Å². The molecule has 0 aromatic carbocycles. The molecule has 0 spiro atoms. The average molecular weight is 301 g/mol. The van der Waals surface area contributed by atoms with Gasteiger partial charge in [0.15, 0.2) is 5.82 Å². The highest BCUT2D eigenvalue weighted by Gasteiger charge is 2.18. The minimum Gasteiger partial charge on any atom is -0.341 e. The monoisotopic (exact) mass is 300 g/mol. The number of halogens is 2. The quantitative estimate of drug-likeness (QED) is 0.851. The zero-order valence-corrected chi connectivity index (χ0v) is 11.8. The maximum Gasteiger partial charge on any atom is 0.230 e. The number of hydrogen-bond acceptors (Lipinski definition) is 5. The third-order valence-electron chi connectivity index (χ3n) is 2.81. The van der Waals surface area contributed by atoms with Gasteiger partial charge in [-0.3, -0.25) is 0 Å². The van der Waals surface area contributed by atoms with Crippen molar-refractivity contribution in [3.05, 3.63) is 21.8 Å². The molecule has 1 aliphatic rings. The average Bonchev–Trinajstić information content (AvgIpc) is 2.98. The van der Waals surface area contributed by atoms with Crippen molar-refractivity contribution in [3.8, 4) is 10.7 Å². The van der Waals surface area contributed by atoms with Gasteiger partial charge in [0.1, 0.15) is 0 Å². The number of nitrogens with zero attached hydrogens (tertiary/aromatic N) is 4. The topological polar surface area (TPSA) is 41.9 Å². The highest BCUT2D eigenvalue weighted by molar-refractivity contribution is 7.14. The van der Waals surface area contributed by atoms with Gasteiger partial charge in [-0.25, -0.2) is 0 Å². The summed E-state index contributed by atoms with van der Waals surface area (Å²) >= 11 is 13.6. The highest BCUT2D eigenvalue weighted by atomic mass is 35.5. The molecule has 7 heteroatoms. The Bertz CT molecular complexity index is 566. The maximum atomic E-state index is 6.09. The lowest BCUT2D eigenvalue weighted by molar-refractivity contribution is 0.883. The van der Waals surface area contributed by atoms with Crippen molar-refractivity contribution in [1.29, 1.82) is 0 Å². The molecular formula is C11H10Cl2N4S. The van der Waals surface area contributed by atoms with Crippen LogP contribution in [0, 0.1) is 0 Å². The second kappa shape index (κ2) is 4.99. The Labute approximate surface area is 119 Å². The van der Waals surface area contributed by atoms with Crippen LogP contribution in [0.4, 0.5) is 5.95 Å². The lowest BCUT2D eigenvalue weighted by Gasteiger charge is -2.15. The van der Waals surface area contributed by atoms with E-state index in [1.165, 1.54) is 24.2 Å². The summed E-state index contributed by atoms with van der Waals surface area (Å²) in [4.78, 5) is 15.8. The molecule has 3 rings (SSSR count). The molecule has 0 aliphatic carbocycles. The summed E-state index contributed by atoms with van der Waals surface area (Å²) in [6.07, 6.45) is 2.33. The van der Waals surface area contributed by atoms with Crippen LogP contribution in [0.1, 0.15) is 12.8 Å². The first-order valence-corrected chi connectivity index (χ1v) is 7.27. The van der Waals surface area contributed by atoms with Gasteiger partial charge in [-0.2, -0.15) is 15.0 Å². The summed E-state index contributed by atoms with van der Waals surface area (Å²) in [5.41, 5.74) is 0. The van der Waals surface area contributed by atoms with Crippen LogP contribution < -0.4 is 4.90 Å². The molecule has 2 aromatic rings. The van der Waals surface area contributed by atoms with E-state index in [1.54, 1.807) is 0 Å². The number of rotatable bonds is 2. The predicted molar refractivity (Wildman–Crippen MR) is 74.6 cm³/mol. The molecule has 0 amide bonds. The van der Waals surface area contributed by atoms with Gasteiger partial charge in [-0.15, -0.1) is 11.3 Å². The molecule has 1 saturated heterocycles. The molecule has 0 atom stereocenters. The summed E-state index contributed by atoms with van der Waals surface area (Å²) in [5, 5.41) is 2.77. The lowest BCUT2D eigenvalue weighted by atomic mass is 10.4. The van der Waals surface area contributed by atoms with Gasteiger partial charge in [-0.05, 0) is 35.9 Å². The summed E-state index contributed by atoms with van der Waals surface area (Å²) in [5.74, 6) is 1.20. The molecular weight excluding hydrogens is 291 g/mol. The van der Waals surface area contributed by atoms with Gasteiger partial charge in [-0.1, -0.05) is 11.6 Å². The van der Waals surface area contributed by atoms with Gasteiger partial charge >= 0.3 is 0 Å². The SMILES string of the molecule is Clc1nc(-c2sccc2Cl)nc(N2CCCC2)n1. The van der Waals surface area contributed by atoms with Gasteiger partial charge in [0.25, 0.3) is 0 Å². The van der Waals surface area contributed by atoms with Crippen LogP contribution in [0.15, 0.2) is 11.4 Å². The van der Waals surface area contributed by atoms with Crippen LogP contribution in [0.25, 0.3) is 10.7 Å². The van der Waals surface area contributed by atoms with Crippen molar-refractivity contribution in [2.24, 2.45) is 0 Å². The van der Waals surface area contributed by atoms with Crippen LogP contribution in [0.3, 0.4) is 0 Å². The summed E-state index contributed by atoms with van der Waals surface area (Å²) in [6, 6.07) is 1.83. The number of anilines is 1. The number of hydrogen-bond donors (Lipinski definition) is 0. The number of thiophene rings is 1. The summed E-state index contributed by atoms with van der Waals surface area (Å²) in [6.45, 7) is 1.94. The Balaban J connectivity index is 2.03. The molecule has 0 unspecified atom stereocenters. The fourth-order valence-electron chi connectivity index (χ4n) is 1.95. The molecule has 4 nitrogen and oxygen atoms in total. The van der Waals surface area contributed by atoms with E-state index in [-0.39, 0.29) is 5.28 Å². The van der Waals surface area contributed by atoms with Crippen molar-refractivity contribution in [2.45, 2.75) is 12.8 Å². The standard InChI is InChI=1S/C11H10Cl2N4S/c12-7-3-6-18-8(7)9-14-10(13)16-11(15-9)17-4-1-2-5-17/h3,6H,1-2,4-5H2. The van der Waals surface area contributed by atoms with Gasteiger partial charge in [0.2, 0.25) is 11.2 Å². The molecule has 0 saturated carbocycles. The molecule has 0 N–H and O–H groups in total. The van der Waals surface area contributed by atoms with E-state index in [9.17, 15) is 0 Å². The van der Waals surface area contributed by atoms with E-state index in [2.05, 4.69) is 19.9 Å². The fraction of sp³-hybridized carbons (Fsp3) is 0.364. The Morgan fingerprint density at radius 3 is 2.56 bits per heavy atom. The third-order valence-corrected chi connectivity index (χ3v) is 4.31. The molecule has 94 valence electrons. The Morgan fingerprint density at radius 1 is 1.11 bits per heavy atom. The Hall–Kier alpha value is -0.910. The van der Waals surface area contributed by atoms with Crippen molar-refractivity contribution >= 4 is 40.5 Å².